The van der Waals surface area contributed by atoms with Crippen LogP contribution in [-0.4, -0.2) is 36.1 Å². The van der Waals surface area contributed by atoms with Crippen LogP contribution >= 0.6 is 12.2 Å². The highest BCUT2D eigenvalue weighted by atomic mass is 32.1. The molecule has 2 N–H and O–H groups in total. The lowest BCUT2D eigenvalue weighted by Crippen LogP contribution is -2.38. The molecule has 1 aromatic heterocycles. The van der Waals surface area contributed by atoms with Crippen molar-refractivity contribution in [3.05, 3.63) is 16.0 Å². The molecule has 0 aliphatic carbocycles. The molecule has 0 amide bonds. The molecular formula is C11H16N4S. The van der Waals surface area contributed by atoms with Crippen LogP contribution in [0, 0.1) is 4.77 Å². The van der Waals surface area contributed by atoms with Crippen molar-refractivity contribution in [2.75, 3.05) is 31.1 Å². The van der Waals surface area contributed by atoms with Gasteiger partial charge in [-0.25, -0.2) is 4.98 Å². The van der Waals surface area contributed by atoms with Crippen molar-refractivity contribution >= 4 is 18.0 Å². The number of H-pyrrole nitrogens is 1. The van der Waals surface area contributed by atoms with Gasteiger partial charge in [0.05, 0.1) is 0 Å². The van der Waals surface area contributed by atoms with Crippen LogP contribution in [0.25, 0.3) is 0 Å². The van der Waals surface area contributed by atoms with Crippen LogP contribution in [0.15, 0.2) is 0 Å². The Morgan fingerprint density at radius 2 is 2.00 bits per heavy atom. The van der Waals surface area contributed by atoms with Gasteiger partial charge in [-0.1, -0.05) is 0 Å². The maximum Gasteiger partial charge on any atom is 0.198 e. The second-order valence-electron chi connectivity index (χ2n) is 4.41. The summed E-state index contributed by atoms with van der Waals surface area (Å²) < 4.78 is 0.627. The molecule has 1 saturated heterocycles. The van der Waals surface area contributed by atoms with Crippen molar-refractivity contribution in [1.29, 1.82) is 0 Å². The van der Waals surface area contributed by atoms with Crippen molar-refractivity contribution in [1.82, 2.24) is 15.3 Å². The maximum absolute atomic E-state index is 5.21. The fourth-order valence-corrected chi connectivity index (χ4v) is 2.56. The van der Waals surface area contributed by atoms with Gasteiger partial charge in [0.15, 0.2) is 4.77 Å². The van der Waals surface area contributed by atoms with Crippen molar-refractivity contribution in [2.24, 2.45) is 0 Å². The molecule has 0 radical (unpaired) electrons. The predicted molar refractivity (Wildman–Crippen MR) is 66.5 cm³/mol. The minimum Gasteiger partial charge on any atom is -0.356 e. The Balaban J connectivity index is 2.07. The maximum atomic E-state index is 5.21. The first kappa shape index (κ1) is 10.2. The van der Waals surface area contributed by atoms with Crippen LogP contribution in [0.2, 0.25) is 0 Å². The normalized spacial score (nSPS) is 19.9. The Hall–Kier alpha value is -0.940. The van der Waals surface area contributed by atoms with Gasteiger partial charge in [0.25, 0.3) is 0 Å². The number of hydrogen-bond donors (Lipinski definition) is 2. The van der Waals surface area contributed by atoms with E-state index in [1.54, 1.807) is 0 Å². The smallest absolute Gasteiger partial charge is 0.198 e. The van der Waals surface area contributed by atoms with Gasteiger partial charge >= 0.3 is 0 Å². The first-order valence-corrected chi connectivity index (χ1v) is 6.33. The highest BCUT2D eigenvalue weighted by Gasteiger charge is 2.22. The zero-order valence-electron chi connectivity index (χ0n) is 9.25. The van der Waals surface area contributed by atoms with Crippen LogP contribution in [0.3, 0.4) is 0 Å². The molecule has 0 atom stereocenters. The first-order valence-electron chi connectivity index (χ1n) is 5.92. The molecular weight excluding hydrogens is 220 g/mol. The highest BCUT2D eigenvalue weighted by molar-refractivity contribution is 7.71. The van der Waals surface area contributed by atoms with Crippen LogP contribution < -0.4 is 10.2 Å². The molecule has 3 heterocycles. The molecule has 1 fully saturated rings. The minimum atomic E-state index is 0.627. The predicted octanol–water partition coefficient (Wildman–Crippen LogP) is 1.04. The average Bonchev–Trinajstić information content (AvgIpc) is 2.39. The number of nitrogens with zero attached hydrogens (tertiary/aromatic N) is 2. The lowest BCUT2D eigenvalue weighted by Gasteiger charge is -2.33. The Bertz CT molecular complexity index is 450. The quantitative estimate of drug-likeness (QED) is 0.715. The Morgan fingerprint density at radius 1 is 1.19 bits per heavy atom. The molecule has 0 saturated carbocycles. The summed E-state index contributed by atoms with van der Waals surface area (Å²) in [6.45, 7) is 4.33. The number of fused-ring (bicyclic) bond motifs is 1. The lowest BCUT2D eigenvalue weighted by atomic mass is 10.1. The summed E-state index contributed by atoms with van der Waals surface area (Å²) in [4.78, 5) is 10.1. The summed E-state index contributed by atoms with van der Waals surface area (Å²) in [5, 5.41) is 3.42. The van der Waals surface area contributed by atoms with Gasteiger partial charge in [0.1, 0.15) is 5.82 Å². The third-order valence-electron chi connectivity index (χ3n) is 3.36. The first-order chi connectivity index (χ1) is 7.84. The summed E-state index contributed by atoms with van der Waals surface area (Å²) in [7, 11) is 0. The highest BCUT2D eigenvalue weighted by Crippen LogP contribution is 2.25. The number of hydrogen-bond acceptors (Lipinski definition) is 4. The Morgan fingerprint density at radius 3 is 2.75 bits per heavy atom. The van der Waals surface area contributed by atoms with Gasteiger partial charge in [-0.2, -0.15) is 0 Å². The summed E-state index contributed by atoms with van der Waals surface area (Å²) >= 11 is 5.21. The molecule has 0 unspecified atom stereocenters. The minimum absolute atomic E-state index is 0.627. The van der Waals surface area contributed by atoms with Gasteiger partial charge in [-0.15, -0.1) is 0 Å². The van der Waals surface area contributed by atoms with Crippen LogP contribution in [0.1, 0.15) is 17.7 Å². The van der Waals surface area contributed by atoms with Crippen molar-refractivity contribution in [3.63, 3.8) is 0 Å². The van der Waals surface area contributed by atoms with E-state index >= 15 is 0 Å². The molecule has 2 aliphatic rings. The molecule has 1 aromatic rings. The molecule has 2 aliphatic heterocycles. The Kier molecular flexibility index (Phi) is 2.65. The summed E-state index contributed by atoms with van der Waals surface area (Å²) in [6.07, 6.45) is 3.36. The second kappa shape index (κ2) is 4.14. The number of nitrogens with one attached hydrogen (secondary N) is 2. The third kappa shape index (κ3) is 1.74. The van der Waals surface area contributed by atoms with E-state index in [0.717, 1.165) is 44.8 Å². The third-order valence-corrected chi connectivity index (χ3v) is 3.55. The van der Waals surface area contributed by atoms with Crippen LogP contribution in [0.4, 0.5) is 5.82 Å². The number of rotatable bonds is 1. The van der Waals surface area contributed by atoms with Gasteiger partial charge in [-0.3, -0.25) is 0 Å². The molecule has 4 nitrogen and oxygen atoms in total. The van der Waals surface area contributed by atoms with E-state index in [1.165, 1.54) is 17.7 Å². The molecule has 0 bridgehead atoms. The van der Waals surface area contributed by atoms with Crippen molar-refractivity contribution < 1.29 is 0 Å². The summed E-state index contributed by atoms with van der Waals surface area (Å²) in [5.41, 5.74) is 2.66. The van der Waals surface area contributed by atoms with E-state index in [4.69, 9.17) is 12.2 Å². The van der Waals surface area contributed by atoms with Crippen molar-refractivity contribution in [2.45, 2.75) is 19.3 Å². The fourth-order valence-electron chi connectivity index (χ4n) is 2.35. The zero-order valence-corrected chi connectivity index (χ0v) is 10.1. The largest absolute Gasteiger partial charge is 0.356 e. The van der Waals surface area contributed by atoms with Crippen molar-refractivity contribution in [3.8, 4) is 0 Å². The summed E-state index contributed by atoms with van der Waals surface area (Å²) in [6, 6.07) is 0. The standard InChI is InChI=1S/C11H16N4S/c16-11-13-9-3-5-12-4-2-8(9)10(14-11)15-6-1-7-15/h12H,1-7H2,(H,13,14,16). The van der Waals surface area contributed by atoms with Gasteiger partial charge in [0, 0.05) is 37.3 Å². The number of aromatic nitrogens is 2. The SMILES string of the molecule is S=c1nc(N2CCC2)c2c([nH]1)CCNCC2. The molecule has 0 spiro atoms. The number of aromatic amines is 1. The fraction of sp³-hybridized carbons (Fsp3) is 0.636. The zero-order chi connectivity index (χ0) is 11.0. The van der Waals surface area contributed by atoms with E-state index in [1.807, 2.05) is 0 Å². The molecule has 5 heteroatoms. The molecule has 16 heavy (non-hydrogen) atoms. The molecule has 0 aromatic carbocycles. The number of anilines is 1. The van der Waals surface area contributed by atoms with Crippen LogP contribution in [-0.2, 0) is 12.8 Å². The van der Waals surface area contributed by atoms with Gasteiger partial charge < -0.3 is 15.2 Å². The molecule has 86 valence electrons. The van der Waals surface area contributed by atoms with Gasteiger partial charge in [0.2, 0.25) is 0 Å². The van der Waals surface area contributed by atoms with E-state index in [2.05, 4.69) is 20.2 Å². The van der Waals surface area contributed by atoms with Gasteiger partial charge in [-0.05, 0) is 31.6 Å². The topological polar surface area (TPSA) is 44.0 Å². The molecule has 3 rings (SSSR count). The average molecular weight is 236 g/mol. The monoisotopic (exact) mass is 236 g/mol. The summed E-state index contributed by atoms with van der Waals surface area (Å²) in [5.74, 6) is 1.13. The van der Waals surface area contributed by atoms with E-state index < -0.39 is 0 Å². The lowest BCUT2D eigenvalue weighted by molar-refractivity contribution is 0.603. The Labute approximate surface area is 100 Å². The second-order valence-corrected chi connectivity index (χ2v) is 4.80. The van der Waals surface area contributed by atoms with E-state index in [0.29, 0.717) is 4.77 Å². The van der Waals surface area contributed by atoms with Crippen LogP contribution in [0.5, 0.6) is 0 Å². The van der Waals surface area contributed by atoms with E-state index in [9.17, 15) is 0 Å². The van der Waals surface area contributed by atoms with E-state index in [-0.39, 0.29) is 0 Å².